The number of methoxy groups -OCH3 is 1. The van der Waals surface area contributed by atoms with Gasteiger partial charge < -0.3 is 24.0 Å². The molecule has 0 aliphatic carbocycles. The summed E-state index contributed by atoms with van der Waals surface area (Å²) in [5, 5.41) is 3.76. The Hall–Kier alpha value is -2.68. The number of nitrogens with zero attached hydrogens (tertiary/aromatic N) is 4. The highest BCUT2D eigenvalue weighted by atomic mass is 16.5. The van der Waals surface area contributed by atoms with E-state index in [0.717, 1.165) is 49.4 Å². The average Bonchev–Trinajstić information content (AvgIpc) is 3.20. The fourth-order valence-electron chi connectivity index (χ4n) is 4.10. The third-order valence-corrected chi connectivity index (χ3v) is 5.77. The van der Waals surface area contributed by atoms with Gasteiger partial charge >= 0.3 is 0 Å². The Morgan fingerprint density at radius 3 is 3.07 bits per heavy atom. The van der Waals surface area contributed by atoms with Crippen LogP contribution < -0.4 is 10.3 Å². The first-order chi connectivity index (χ1) is 14.0. The summed E-state index contributed by atoms with van der Waals surface area (Å²) in [6, 6.07) is 1.70. The number of ether oxygens (including phenoxy) is 1. The van der Waals surface area contributed by atoms with E-state index in [2.05, 4.69) is 15.0 Å². The molecule has 1 N–H and O–H groups in total. The van der Waals surface area contributed by atoms with Crippen molar-refractivity contribution in [2.45, 2.75) is 44.6 Å². The lowest BCUT2D eigenvalue weighted by Crippen LogP contribution is -2.40. The van der Waals surface area contributed by atoms with Gasteiger partial charge in [0.1, 0.15) is 11.6 Å². The number of carbonyl (C=O) groups is 1. The number of hydrogen-bond acceptors (Lipinski definition) is 7. The summed E-state index contributed by atoms with van der Waals surface area (Å²) in [4.78, 5) is 37.0. The fourth-order valence-corrected chi connectivity index (χ4v) is 4.10. The SMILES string of the molecule is COc1cc(CCC(=O)N2CCCC(c3nc4c(c(=O)[nH]3)CN(C)CC4)C2)on1. The highest BCUT2D eigenvalue weighted by Crippen LogP contribution is 2.26. The molecule has 1 unspecified atom stereocenters. The van der Waals surface area contributed by atoms with Crippen LogP contribution in [0.4, 0.5) is 0 Å². The lowest BCUT2D eigenvalue weighted by Gasteiger charge is -2.33. The maximum Gasteiger partial charge on any atom is 0.255 e. The van der Waals surface area contributed by atoms with Gasteiger partial charge in [-0.05, 0) is 25.0 Å². The monoisotopic (exact) mass is 401 g/mol. The Morgan fingerprint density at radius 2 is 2.28 bits per heavy atom. The number of aromatic nitrogens is 3. The van der Waals surface area contributed by atoms with Gasteiger partial charge in [-0.3, -0.25) is 9.59 Å². The van der Waals surface area contributed by atoms with Gasteiger partial charge in [-0.15, -0.1) is 0 Å². The third kappa shape index (κ3) is 4.34. The van der Waals surface area contributed by atoms with E-state index in [1.54, 1.807) is 6.07 Å². The summed E-state index contributed by atoms with van der Waals surface area (Å²) >= 11 is 0. The predicted molar refractivity (Wildman–Crippen MR) is 105 cm³/mol. The van der Waals surface area contributed by atoms with Crippen molar-refractivity contribution >= 4 is 5.91 Å². The van der Waals surface area contributed by atoms with Crippen LogP contribution >= 0.6 is 0 Å². The first-order valence-corrected chi connectivity index (χ1v) is 10.1. The fraction of sp³-hybridized carbons (Fsp3) is 0.600. The molecule has 0 aromatic carbocycles. The first kappa shape index (κ1) is 19.6. The van der Waals surface area contributed by atoms with Crippen molar-refractivity contribution in [1.29, 1.82) is 0 Å². The summed E-state index contributed by atoms with van der Waals surface area (Å²) in [5.74, 6) is 1.91. The van der Waals surface area contributed by atoms with E-state index in [-0.39, 0.29) is 17.4 Å². The second-order valence-corrected chi connectivity index (χ2v) is 7.88. The minimum absolute atomic E-state index is 0.0423. The lowest BCUT2D eigenvalue weighted by atomic mass is 9.96. The maximum atomic E-state index is 12.7. The molecule has 2 aromatic rings. The number of piperidine rings is 1. The minimum atomic E-state index is -0.0423. The summed E-state index contributed by atoms with van der Waals surface area (Å²) < 4.78 is 10.2. The maximum absolute atomic E-state index is 12.7. The molecule has 2 aliphatic rings. The first-order valence-electron chi connectivity index (χ1n) is 10.1. The van der Waals surface area contributed by atoms with Crippen molar-refractivity contribution in [3.63, 3.8) is 0 Å². The molecule has 9 nitrogen and oxygen atoms in total. The molecular weight excluding hydrogens is 374 g/mol. The Morgan fingerprint density at radius 1 is 1.41 bits per heavy atom. The second kappa shape index (κ2) is 8.36. The number of H-pyrrole nitrogens is 1. The summed E-state index contributed by atoms with van der Waals surface area (Å²) in [6.07, 6.45) is 3.45. The van der Waals surface area contributed by atoms with Gasteiger partial charge in [-0.1, -0.05) is 0 Å². The third-order valence-electron chi connectivity index (χ3n) is 5.77. The molecule has 2 aliphatic heterocycles. The second-order valence-electron chi connectivity index (χ2n) is 7.88. The molecule has 0 radical (unpaired) electrons. The predicted octanol–water partition coefficient (Wildman–Crippen LogP) is 1.09. The minimum Gasteiger partial charge on any atom is -0.479 e. The number of hydrogen-bond donors (Lipinski definition) is 1. The zero-order valence-electron chi connectivity index (χ0n) is 16.9. The number of nitrogens with one attached hydrogen (secondary N) is 1. The van der Waals surface area contributed by atoms with E-state index < -0.39 is 0 Å². The van der Waals surface area contributed by atoms with Gasteiger partial charge in [-0.25, -0.2) is 4.98 Å². The van der Waals surface area contributed by atoms with Crippen molar-refractivity contribution in [2.75, 3.05) is 33.8 Å². The molecule has 1 atom stereocenters. The molecule has 1 amide bonds. The van der Waals surface area contributed by atoms with Crippen LogP contribution in [-0.2, 0) is 24.2 Å². The van der Waals surface area contributed by atoms with Crippen molar-refractivity contribution in [3.8, 4) is 5.88 Å². The number of carbonyl (C=O) groups excluding carboxylic acids is 1. The van der Waals surface area contributed by atoms with Crippen LogP contribution in [-0.4, -0.2) is 64.6 Å². The quantitative estimate of drug-likeness (QED) is 0.800. The number of amides is 1. The van der Waals surface area contributed by atoms with E-state index in [0.29, 0.717) is 37.6 Å². The van der Waals surface area contributed by atoms with E-state index in [4.69, 9.17) is 14.2 Å². The van der Waals surface area contributed by atoms with Crippen molar-refractivity contribution < 1.29 is 14.1 Å². The zero-order valence-corrected chi connectivity index (χ0v) is 16.9. The molecule has 4 rings (SSSR count). The molecule has 4 heterocycles. The van der Waals surface area contributed by atoms with Crippen molar-refractivity contribution in [3.05, 3.63) is 39.3 Å². The number of aryl methyl sites for hydroxylation is 1. The van der Waals surface area contributed by atoms with E-state index >= 15 is 0 Å². The van der Waals surface area contributed by atoms with Crippen LogP contribution in [0.15, 0.2) is 15.4 Å². The van der Waals surface area contributed by atoms with Gasteiger partial charge in [0.15, 0.2) is 0 Å². The summed E-state index contributed by atoms with van der Waals surface area (Å²) in [7, 11) is 3.54. The largest absolute Gasteiger partial charge is 0.479 e. The number of likely N-dealkylation sites (tertiary alicyclic amines) is 1. The summed E-state index contributed by atoms with van der Waals surface area (Å²) in [6.45, 7) is 2.86. The molecule has 2 aromatic heterocycles. The normalized spacial score (nSPS) is 19.8. The average molecular weight is 401 g/mol. The highest BCUT2D eigenvalue weighted by Gasteiger charge is 2.28. The number of likely N-dealkylation sites (N-methyl/N-ethyl adjacent to an activating group) is 1. The van der Waals surface area contributed by atoms with Crippen molar-refractivity contribution in [1.82, 2.24) is 24.9 Å². The Labute approximate surface area is 169 Å². The zero-order chi connectivity index (χ0) is 20.4. The molecular formula is C20H27N5O4. The number of fused-ring (bicyclic) bond motifs is 1. The molecule has 9 heteroatoms. The Bertz CT molecular complexity index is 937. The molecule has 0 bridgehead atoms. The van der Waals surface area contributed by atoms with Gasteiger partial charge in [0, 0.05) is 57.4 Å². The smallest absolute Gasteiger partial charge is 0.255 e. The Balaban J connectivity index is 1.41. The van der Waals surface area contributed by atoms with E-state index in [9.17, 15) is 9.59 Å². The van der Waals surface area contributed by atoms with Crippen molar-refractivity contribution in [2.24, 2.45) is 0 Å². The molecule has 0 saturated carbocycles. The molecule has 1 fully saturated rings. The molecule has 1 saturated heterocycles. The molecule has 0 spiro atoms. The van der Waals surface area contributed by atoms with Crippen LogP contribution in [0, 0.1) is 0 Å². The van der Waals surface area contributed by atoms with Crippen LogP contribution in [0.2, 0.25) is 0 Å². The Kier molecular flexibility index (Phi) is 5.66. The molecule has 156 valence electrons. The number of rotatable bonds is 5. The van der Waals surface area contributed by atoms with Gasteiger partial charge in [0.05, 0.1) is 18.4 Å². The van der Waals surface area contributed by atoms with Gasteiger partial charge in [-0.2, -0.15) is 0 Å². The van der Waals surface area contributed by atoms with Crippen LogP contribution in [0.3, 0.4) is 0 Å². The number of aromatic amines is 1. The topological polar surface area (TPSA) is 105 Å². The lowest BCUT2D eigenvalue weighted by molar-refractivity contribution is -0.132. The van der Waals surface area contributed by atoms with Gasteiger partial charge in [0.25, 0.3) is 11.4 Å². The van der Waals surface area contributed by atoms with Crippen LogP contribution in [0.1, 0.15) is 48.0 Å². The van der Waals surface area contributed by atoms with E-state index in [1.807, 2.05) is 11.9 Å². The van der Waals surface area contributed by atoms with Crippen LogP contribution in [0.25, 0.3) is 0 Å². The summed E-state index contributed by atoms with van der Waals surface area (Å²) in [5.41, 5.74) is 1.64. The molecule has 29 heavy (non-hydrogen) atoms. The van der Waals surface area contributed by atoms with Crippen LogP contribution in [0.5, 0.6) is 5.88 Å². The van der Waals surface area contributed by atoms with E-state index in [1.165, 1.54) is 7.11 Å². The van der Waals surface area contributed by atoms with Gasteiger partial charge in [0.2, 0.25) is 5.91 Å². The highest BCUT2D eigenvalue weighted by molar-refractivity contribution is 5.76. The standard InChI is InChI=1S/C20H27N5O4/c1-24-9-7-16-15(12-24)20(27)22-19(21-16)13-4-3-8-25(11-13)18(26)6-5-14-10-17(28-2)23-29-14/h10,13H,3-9,11-12H2,1-2H3,(H,21,22,27).